The van der Waals surface area contributed by atoms with Crippen molar-refractivity contribution in [1.82, 2.24) is 5.32 Å². The zero-order valence-electron chi connectivity index (χ0n) is 7.71. The van der Waals surface area contributed by atoms with Crippen LogP contribution in [-0.2, 0) is 4.79 Å². The van der Waals surface area contributed by atoms with E-state index < -0.39 is 0 Å². The minimum atomic E-state index is 0.0832. The third-order valence-electron chi connectivity index (χ3n) is 2.49. The lowest BCUT2D eigenvalue weighted by molar-refractivity contribution is -0.120. The van der Waals surface area contributed by atoms with E-state index in [1.807, 2.05) is 12.1 Å². The lowest BCUT2D eigenvalue weighted by Crippen LogP contribution is -2.17. The minimum absolute atomic E-state index is 0.0832. The maximum absolute atomic E-state index is 11.4. The molecule has 1 amide bonds. The number of carbonyl (C=O) groups is 1. The number of aryl methyl sites for hydroxylation is 1. The molecule has 2 nitrogen and oxygen atoms in total. The van der Waals surface area contributed by atoms with Crippen LogP contribution in [0.15, 0.2) is 24.3 Å². The Kier molecular flexibility index (Phi) is 2.05. The smallest absolute Gasteiger partial charge is 0.227 e. The Balaban J connectivity index is 2.29. The largest absolute Gasteiger partial charge is 0.356 e. The van der Waals surface area contributed by atoms with E-state index in [9.17, 15) is 4.79 Å². The minimum Gasteiger partial charge on any atom is -0.356 e. The Morgan fingerprint density at radius 3 is 2.92 bits per heavy atom. The highest BCUT2D eigenvalue weighted by Gasteiger charge is 2.25. The van der Waals surface area contributed by atoms with Crippen molar-refractivity contribution in [3.8, 4) is 0 Å². The van der Waals surface area contributed by atoms with Crippen molar-refractivity contribution >= 4 is 5.91 Å². The molecule has 1 atom stereocenters. The van der Waals surface area contributed by atoms with Gasteiger partial charge in [-0.15, -0.1) is 0 Å². The molecule has 1 aromatic carbocycles. The zero-order chi connectivity index (χ0) is 9.26. The van der Waals surface area contributed by atoms with Crippen LogP contribution in [0.1, 0.15) is 23.5 Å². The van der Waals surface area contributed by atoms with Gasteiger partial charge in [0, 0.05) is 6.54 Å². The van der Waals surface area contributed by atoms with E-state index in [1.165, 1.54) is 5.56 Å². The van der Waals surface area contributed by atoms with Gasteiger partial charge in [0.2, 0.25) is 5.91 Å². The molecule has 0 aliphatic carbocycles. The highest BCUT2D eigenvalue weighted by atomic mass is 16.2. The second kappa shape index (κ2) is 3.21. The summed E-state index contributed by atoms with van der Waals surface area (Å²) in [6.45, 7) is 2.87. The molecular formula is C11H13NO. The van der Waals surface area contributed by atoms with Crippen molar-refractivity contribution in [2.75, 3.05) is 6.54 Å². The number of benzene rings is 1. The van der Waals surface area contributed by atoms with Gasteiger partial charge in [-0.1, -0.05) is 29.8 Å². The van der Waals surface area contributed by atoms with Crippen molar-refractivity contribution in [2.24, 2.45) is 0 Å². The molecular weight excluding hydrogens is 162 g/mol. The molecule has 0 radical (unpaired) electrons. The standard InChI is InChI=1S/C11H13NO/c1-8-3-2-4-9(7-8)10-5-6-12-11(10)13/h2-4,7,10H,5-6H2,1H3,(H,12,13)/t10-/m1/s1. The topological polar surface area (TPSA) is 29.1 Å². The average molecular weight is 175 g/mol. The third kappa shape index (κ3) is 1.57. The Morgan fingerprint density at radius 2 is 2.31 bits per heavy atom. The Morgan fingerprint density at radius 1 is 1.46 bits per heavy atom. The first-order valence-corrected chi connectivity index (χ1v) is 4.61. The van der Waals surface area contributed by atoms with Crippen LogP contribution in [0.4, 0.5) is 0 Å². The van der Waals surface area contributed by atoms with E-state index >= 15 is 0 Å². The second-order valence-corrected chi connectivity index (χ2v) is 3.55. The fraction of sp³-hybridized carbons (Fsp3) is 0.364. The Labute approximate surface area is 78.0 Å². The molecule has 13 heavy (non-hydrogen) atoms. The zero-order valence-corrected chi connectivity index (χ0v) is 7.71. The fourth-order valence-electron chi connectivity index (χ4n) is 1.80. The van der Waals surface area contributed by atoms with Crippen LogP contribution in [0.2, 0.25) is 0 Å². The highest BCUT2D eigenvalue weighted by molar-refractivity contribution is 5.85. The first-order valence-electron chi connectivity index (χ1n) is 4.61. The van der Waals surface area contributed by atoms with Gasteiger partial charge in [-0.3, -0.25) is 4.79 Å². The molecule has 1 aliphatic rings. The number of nitrogens with one attached hydrogen (secondary N) is 1. The van der Waals surface area contributed by atoms with E-state index in [0.717, 1.165) is 18.5 Å². The number of hydrogen-bond donors (Lipinski definition) is 1. The van der Waals surface area contributed by atoms with Gasteiger partial charge in [0.05, 0.1) is 5.92 Å². The summed E-state index contributed by atoms with van der Waals surface area (Å²) in [7, 11) is 0. The van der Waals surface area contributed by atoms with Gasteiger partial charge in [-0.2, -0.15) is 0 Å². The molecule has 0 spiro atoms. The summed E-state index contributed by atoms with van der Waals surface area (Å²) in [4.78, 5) is 11.4. The van der Waals surface area contributed by atoms with Crippen LogP contribution in [0.25, 0.3) is 0 Å². The molecule has 0 bridgehead atoms. The van der Waals surface area contributed by atoms with Crippen LogP contribution < -0.4 is 5.32 Å². The van der Waals surface area contributed by atoms with Gasteiger partial charge < -0.3 is 5.32 Å². The quantitative estimate of drug-likeness (QED) is 0.690. The molecule has 0 aromatic heterocycles. The van der Waals surface area contributed by atoms with Crippen molar-refractivity contribution in [1.29, 1.82) is 0 Å². The Hall–Kier alpha value is -1.31. The average Bonchev–Trinajstić information content (AvgIpc) is 2.51. The maximum Gasteiger partial charge on any atom is 0.227 e. The number of amides is 1. The van der Waals surface area contributed by atoms with E-state index in [1.54, 1.807) is 0 Å². The van der Waals surface area contributed by atoms with Gasteiger partial charge in [0.15, 0.2) is 0 Å². The van der Waals surface area contributed by atoms with Crippen LogP contribution >= 0.6 is 0 Å². The summed E-state index contributed by atoms with van der Waals surface area (Å²) in [5, 5.41) is 2.85. The number of hydrogen-bond acceptors (Lipinski definition) is 1. The van der Waals surface area contributed by atoms with Crippen molar-refractivity contribution in [3.05, 3.63) is 35.4 Å². The van der Waals surface area contributed by atoms with Crippen molar-refractivity contribution < 1.29 is 4.79 Å². The van der Waals surface area contributed by atoms with E-state index in [0.29, 0.717) is 0 Å². The molecule has 1 saturated heterocycles. The normalized spacial score (nSPS) is 21.6. The Bertz CT molecular complexity index is 333. The molecule has 68 valence electrons. The fourth-order valence-corrected chi connectivity index (χ4v) is 1.80. The van der Waals surface area contributed by atoms with Crippen molar-refractivity contribution in [2.45, 2.75) is 19.3 Å². The van der Waals surface area contributed by atoms with Gasteiger partial charge >= 0.3 is 0 Å². The first-order chi connectivity index (χ1) is 6.27. The number of rotatable bonds is 1. The van der Waals surface area contributed by atoms with Gasteiger partial charge in [-0.25, -0.2) is 0 Å². The lowest BCUT2D eigenvalue weighted by Gasteiger charge is -2.07. The van der Waals surface area contributed by atoms with Crippen molar-refractivity contribution in [3.63, 3.8) is 0 Å². The summed E-state index contributed by atoms with van der Waals surface area (Å²) >= 11 is 0. The molecule has 1 aromatic rings. The molecule has 2 heteroatoms. The van der Waals surface area contributed by atoms with E-state index in [4.69, 9.17) is 0 Å². The molecule has 1 aliphatic heterocycles. The highest BCUT2D eigenvalue weighted by Crippen LogP contribution is 2.23. The molecule has 1 heterocycles. The van der Waals surface area contributed by atoms with Crippen LogP contribution in [0.5, 0.6) is 0 Å². The summed E-state index contributed by atoms with van der Waals surface area (Å²) < 4.78 is 0. The van der Waals surface area contributed by atoms with Crippen LogP contribution in [0, 0.1) is 6.92 Å². The first kappa shape index (κ1) is 8.30. The predicted molar refractivity (Wildman–Crippen MR) is 51.5 cm³/mol. The monoisotopic (exact) mass is 175 g/mol. The van der Waals surface area contributed by atoms with E-state index in [-0.39, 0.29) is 11.8 Å². The predicted octanol–water partition coefficient (Wildman–Crippen LogP) is 1.60. The van der Waals surface area contributed by atoms with E-state index in [2.05, 4.69) is 24.4 Å². The maximum atomic E-state index is 11.4. The third-order valence-corrected chi connectivity index (χ3v) is 2.49. The second-order valence-electron chi connectivity index (χ2n) is 3.55. The summed E-state index contributed by atoms with van der Waals surface area (Å²) in [5.41, 5.74) is 2.37. The molecule has 1 fully saturated rings. The van der Waals surface area contributed by atoms with Gasteiger partial charge in [0.25, 0.3) is 0 Å². The molecule has 1 N–H and O–H groups in total. The van der Waals surface area contributed by atoms with Crippen LogP contribution in [-0.4, -0.2) is 12.5 Å². The summed E-state index contributed by atoms with van der Waals surface area (Å²) in [6, 6.07) is 8.19. The molecule has 2 rings (SSSR count). The van der Waals surface area contributed by atoms with Gasteiger partial charge in [-0.05, 0) is 18.9 Å². The molecule has 0 unspecified atom stereocenters. The van der Waals surface area contributed by atoms with Crippen LogP contribution in [0.3, 0.4) is 0 Å². The lowest BCUT2D eigenvalue weighted by atomic mass is 9.96. The SMILES string of the molecule is Cc1cccc([C@H]2CCNC2=O)c1. The summed E-state index contributed by atoms with van der Waals surface area (Å²) in [6.07, 6.45) is 0.933. The summed E-state index contributed by atoms with van der Waals surface area (Å²) in [5.74, 6) is 0.255. The number of carbonyl (C=O) groups excluding carboxylic acids is 1. The van der Waals surface area contributed by atoms with Gasteiger partial charge in [0.1, 0.15) is 0 Å². The molecule has 0 saturated carbocycles.